The molecule has 5 rings (SSSR count). The first kappa shape index (κ1) is 17.1. The van der Waals surface area contributed by atoms with Crippen LogP contribution in [0.5, 0.6) is 0 Å². The normalized spacial score (nSPS) is 23.5. The van der Waals surface area contributed by atoms with E-state index in [-0.39, 0.29) is 0 Å². The standard InChI is InChI=1S/C19H28N8/c1-2-4-16(5-3-1)24-6-8-25(9-7-24)17-12-26(13-17)18-10-20-11-19(23-18)27-15-21-14-22-27/h10-11,14-17H,1-9,12-13H2. The third kappa shape index (κ3) is 3.55. The Kier molecular flexibility index (Phi) is 4.75. The fourth-order valence-corrected chi connectivity index (χ4v) is 4.72. The first-order valence-corrected chi connectivity index (χ1v) is 10.3. The molecule has 8 heteroatoms. The molecular weight excluding hydrogens is 340 g/mol. The van der Waals surface area contributed by atoms with Crippen molar-refractivity contribution >= 4 is 5.82 Å². The number of anilines is 1. The highest BCUT2D eigenvalue weighted by Gasteiger charge is 2.35. The predicted octanol–water partition coefficient (Wildman–Crippen LogP) is 1.20. The summed E-state index contributed by atoms with van der Waals surface area (Å²) in [7, 11) is 0. The zero-order chi connectivity index (χ0) is 18.1. The van der Waals surface area contributed by atoms with Crippen molar-refractivity contribution in [1.29, 1.82) is 0 Å². The van der Waals surface area contributed by atoms with Crippen molar-refractivity contribution in [3.05, 3.63) is 25.0 Å². The lowest BCUT2D eigenvalue weighted by Gasteiger charge is -2.49. The molecule has 1 saturated carbocycles. The number of hydrogen-bond acceptors (Lipinski definition) is 7. The fraction of sp³-hybridized carbons (Fsp3) is 0.684. The third-order valence-corrected chi connectivity index (χ3v) is 6.41. The van der Waals surface area contributed by atoms with Crippen molar-refractivity contribution in [3.8, 4) is 5.82 Å². The summed E-state index contributed by atoms with van der Waals surface area (Å²) in [5, 5.41) is 4.14. The Hall–Kier alpha value is -2.06. The molecule has 3 fully saturated rings. The van der Waals surface area contributed by atoms with Gasteiger partial charge in [0.15, 0.2) is 5.82 Å². The second-order valence-electron chi connectivity index (χ2n) is 8.00. The summed E-state index contributed by atoms with van der Waals surface area (Å²) >= 11 is 0. The van der Waals surface area contributed by atoms with E-state index < -0.39 is 0 Å². The number of hydrogen-bond donors (Lipinski definition) is 0. The van der Waals surface area contributed by atoms with E-state index in [1.807, 2.05) is 6.20 Å². The van der Waals surface area contributed by atoms with Crippen LogP contribution in [0.15, 0.2) is 25.0 Å². The maximum atomic E-state index is 4.69. The lowest BCUT2D eigenvalue weighted by atomic mass is 9.93. The summed E-state index contributed by atoms with van der Waals surface area (Å²) in [6.45, 7) is 6.97. The van der Waals surface area contributed by atoms with Gasteiger partial charge in [-0.3, -0.25) is 14.8 Å². The van der Waals surface area contributed by atoms with Gasteiger partial charge < -0.3 is 4.90 Å². The van der Waals surface area contributed by atoms with Gasteiger partial charge in [-0.25, -0.2) is 14.6 Å². The van der Waals surface area contributed by atoms with Crippen molar-refractivity contribution in [1.82, 2.24) is 34.5 Å². The Bertz CT molecular complexity index is 728. The Morgan fingerprint density at radius 1 is 0.778 bits per heavy atom. The van der Waals surface area contributed by atoms with E-state index in [9.17, 15) is 0 Å². The van der Waals surface area contributed by atoms with Crippen LogP contribution in [0.4, 0.5) is 5.82 Å². The van der Waals surface area contributed by atoms with E-state index in [1.54, 1.807) is 17.2 Å². The lowest BCUT2D eigenvalue weighted by Crippen LogP contribution is -2.64. The predicted molar refractivity (Wildman–Crippen MR) is 103 cm³/mol. The molecule has 0 bridgehead atoms. The van der Waals surface area contributed by atoms with Gasteiger partial charge in [-0.2, -0.15) is 5.10 Å². The molecule has 0 N–H and O–H groups in total. The van der Waals surface area contributed by atoms with Crippen molar-refractivity contribution in [2.75, 3.05) is 44.2 Å². The van der Waals surface area contributed by atoms with Crippen LogP contribution in [-0.2, 0) is 0 Å². The summed E-state index contributed by atoms with van der Waals surface area (Å²) in [5.41, 5.74) is 0. The molecule has 0 radical (unpaired) electrons. The Morgan fingerprint density at radius 2 is 1.48 bits per heavy atom. The molecule has 2 aromatic heterocycles. The first-order valence-electron chi connectivity index (χ1n) is 10.3. The number of rotatable bonds is 4. The van der Waals surface area contributed by atoms with Crippen LogP contribution in [0.25, 0.3) is 5.82 Å². The molecule has 144 valence electrons. The molecule has 0 amide bonds. The molecule has 0 aromatic carbocycles. The van der Waals surface area contributed by atoms with Crippen LogP contribution in [-0.4, -0.2) is 85.9 Å². The maximum absolute atomic E-state index is 4.69. The Balaban J connectivity index is 1.13. The molecule has 0 atom stereocenters. The highest BCUT2D eigenvalue weighted by molar-refractivity contribution is 5.43. The first-order chi connectivity index (χ1) is 13.4. The van der Waals surface area contributed by atoms with E-state index in [0.29, 0.717) is 6.04 Å². The van der Waals surface area contributed by atoms with Gasteiger partial charge in [0.1, 0.15) is 18.5 Å². The summed E-state index contributed by atoms with van der Waals surface area (Å²) in [6, 6.07) is 1.50. The van der Waals surface area contributed by atoms with E-state index in [0.717, 1.165) is 30.8 Å². The molecule has 8 nitrogen and oxygen atoms in total. The molecule has 3 aliphatic rings. The highest BCUT2D eigenvalue weighted by Crippen LogP contribution is 2.26. The molecule has 0 spiro atoms. The number of aromatic nitrogens is 5. The fourth-order valence-electron chi connectivity index (χ4n) is 4.72. The summed E-state index contributed by atoms with van der Waals surface area (Å²) in [6.07, 6.45) is 13.9. The van der Waals surface area contributed by atoms with Gasteiger partial charge in [0.05, 0.1) is 12.4 Å². The van der Waals surface area contributed by atoms with Gasteiger partial charge in [0.2, 0.25) is 0 Å². The average Bonchev–Trinajstić information content (AvgIpc) is 3.23. The Morgan fingerprint density at radius 3 is 2.19 bits per heavy atom. The molecule has 1 aliphatic carbocycles. The van der Waals surface area contributed by atoms with E-state index in [1.165, 1.54) is 64.6 Å². The van der Waals surface area contributed by atoms with E-state index in [4.69, 9.17) is 0 Å². The lowest BCUT2D eigenvalue weighted by molar-refractivity contribution is 0.0487. The largest absolute Gasteiger partial charge is 0.352 e. The molecular formula is C19H28N8. The zero-order valence-electron chi connectivity index (χ0n) is 15.8. The minimum Gasteiger partial charge on any atom is -0.352 e. The second-order valence-corrected chi connectivity index (χ2v) is 8.00. The number of piperazine rings is 1. The van der Waals surface area contributed by atoms with Crippen LogP contribution in [0.3, 0.4) is 0 Å². The topological polar surface area (TPSA) is 66.2 Å². The average molecular weight is 368 g/mol. The van der Waals surface area contributed by atoms with E-state index in [2.05, 4.69) is 34.8 Å². The van der Waals surface area contributed by atoms with Gasteiger partial charge in [-0.15, -0.1) is 0 Å². The number of nitrogens with zero attached hydrogens (tertiary/aromatic N) is 8. The SMILES string of the molecule is c1ncn(-c2cncc(N3CC(N4CCN(C5CCCCC5)CC4)C3)n2)n1. The van der Waals surface area contributed by atoms with Crippen LogP contribution in [0.2, 0.25) is 0 Å². The third-order valence-electron chi connectivity index (χ3n) is 6.41. The smallest absolute Gasteiger partial charge is 0.175 e. The van der Waals surface area contributed by atoms with Gasteiger partial charge in [-0.05, 0) is 12.8 Å². The molecule has 27 heavy (non-hydrogen) atoms. The second kappa shape index (κ2) is 7.52. The molecule has 2 aliphatic heterocycles. The quantitative estimate of drug-likeness (QED) is 0.803. The minimum atomic E-state index is 0.648. The van der Waals surface area contributed by atoms with Crippen LogP contribution in [0.1, 0.15) is 32.1 Å². The zero-order valence-corrected chi connectivity index (χ0v) is 15.8. The van der Waals surface area contributed by atoms with Crippen molar-refractivity contribution in [2.45, 2.75) is 44.2 Å². The highest BCUT2D eigenvalue weighted by atomic mass is 15.4. The van der Waals surface area contributed by atoms with Crippen molar-refractivity contribution in [3.63, 3.8) is 0 Å². The maximum Gasteiger partial charge on any atom is 0.175 e. The van der Waals surface area contributed by atoms with Crippen molar-refractivity contribution < 1.29 is 0 Å². The van der Waals surface area contributed by atoms with Crippen LogP contribution < -0.4 is 4.90 Å². The summed E-state index contributed by atoms with van der Waals surface area (Å²) < 4.78 is 1.65. The summed E-state index contributed by atoms with van der Waals surface area (Å²) in [4.78, 5) is 20.7. The van der Waals surface area contributed by atoms with Gasteiger partial charge >= 0.3 is 0 Å². The monoisotopic (exact) mass is 368 g/mol. The van der Waals surface area contributed by atoms with Gasteiger partial charge in [-0.1, -0.05) is 19.3 Å². The van der Waals surface area contributed by atoms with Gasteiger partial charge in [0, 0.05) is 51.4 Å². The minimum absolute atomic E-state index is 0.648. The Labute approximate surface area is 160 Å². The molecule has 2 aromatic rings. The van der Waals surface area contributed by atoms with E-state index >= 15 is 0 Å². The van der Waals surface area contributed by atoms with Crippen molar-refractivity contribution in [2.24, 2.45) is 0 Å². The molecule has 2 saturated heterocycles. The van der Waals surface area contributed by atoms with Crippen LogP contribution >= 0.6 is 0 Å². The molecule has 4 heterocycles. The van der Waals surface area contributed by atoms with Gasteiger partial charge in [0.25, 0.3) is 0 Å². The van der Waals surface area contributed by atoms with Crippen LogP contribution in [0, 0.1) is 0 Å². The summed E-state index contributed by atoms with van der Waals surface area (Å²) in [5.74, 6) is 1.65. The molecule has 0 unspecified atom stereocenters.